The number of benzene rings is 1. The second kappa shape index (κ2) is 5.63. The molecular weight excluding hydrogens is 250 g/mol. The zero-order valence-corrected chi connectivity index (χ0v) is 12.5. The van der Waals surface area contributed by atoms with E-state index in [1.807, 2.05) is 50.2 Å². The van der Waals surface area contributed by atoms with Crippen LogP contribution in [0.1, 0.15) is 32.0 Å². The molecule has 0 fully saturated rings. The Labute approximate surface area is 120 Å². The molecule has 0 amide bonds. The number of para-hydroxylation sites is 1. The molecule has 0 saturated carbocycles. The maximum atomic E-state index is 10.1. The summed E-state index contributed by atoms with van der Waals surface area (Å²) < 4.78 is 5.64. The normalized spacial score (nSPS) is 11.4. The van der Waals surface area contributed by atoms with Gasteiger partial charge in [0.15, 0.2) is 0 Å². The predicted octanol–water partition coefficient (Wildman–Crippen LogP) is 3.68. The fourth-order valence-electron chi connectivity index (χ4n) is 2.32. The number of aryl methyl sites for hydroxylation is 1. The first-order chi connectivity index (χ1) is 9.43. The Hall–Kier alpha value is -1.87. The molecule has 3 nitrogen and oxygen atoms in total. The van der Waals surface area contributed by atoms with E-state index in [0.717, 1.165) is 28.3 Å². The Morgan fingerprint density at radius 1 is 1.15 bits per heavy atom. The molecule has 0 unspecified atom stereocenters. The summed E-state index contributed by atoms with van der Waals surface area (Å²) in [5, 5.41) is 10.1. The minimum atomic E-state index is -0.880. The molecule has 0 bridgehead atoms. The zero-order valence-electron chi connectivity index (χ0n) is 12.5. The van der Waals surface area contributed by atoms with Crippen molar-refractivity contribution in [1.29, 1.82) is 0 Å². The molecule has 20 heavy (non-hydrogen) atoms. The number of rotatable bonds is 4. The van der Waals surface area contributed by atoms with Gasteiger partial charge in [0.05, 0.1) is 17.9 Å². The van der Waals surface area contributed by atoms with E-state index in [-0.39, 0.29) is 0 Å². The van der Waals surface area contributed by atoms with Gasteiger partial charge in [-0.3, -0.25) is 4.98 Å². The molecule has 0 aliphatic rings. The second-order valence-electron chi connectivity index (χ2n) is 5.32. The third kappa shape index (κ3) is 2.99. The highest BCUT2D eigenvalue weighted by Gasteiger charge is 2.20. The molecule has 106 valence electrons. The maximum Gasteiger partial charge on any atom is 0.128 e. The van der Waals surface area contributed by atoms with Crippen molar-refractivity contribution in [2.24, 2.45) is 0 Å². The monoisotopic (exact) mass is 271 g/mol. The largest absolute Gasteiger partial charge is 0.493 e. The van der Waals surface area contributed by atoms with E-state index in [9.17, 15) is 5.11 Å². The Balaban J connectivity index is 2.47. The average molecular weight is 271 g/mol. The molecule has 0 aliphatic carbocycles. The minimum Gasteiger partial charge on any atom is -0.493 e. The Morgan fingerprint density at radius 2 is 1.85 bits per heavy atom. The highest BCUT2D eigenvalue weighted by Crippen LogP contribution is 2.31. The lowest BCUT2D eigenvalue weighted by Gasteiger charge is -2.20. The summed E-state index contributed by atoms with van der Waals surface area (Å²) in [6, 6.07) is 11.7. The standard InChI is InChI=1S/C17H21NO2/c1-5-20-16-9-7-6-8-13(16)15-11-10-14(12(2)18-15)17(3,4)19/h6-11,19H,5H2,1-4H3. The predicted molar refractivity (Wildman–Crippen MR) is 80.8 cm³/mol. The van der Waals surface area contributed by atoms with Crippen molar-refractivity contribution in [2.75, 3.05) is 6.61 Å². The Kier molecular flexibility index (Phi) is 4.09. The first kappa shape index (κ1) is 14.5. The smallest absolute Gasteiger partial charge is 0.128 e. The lowest BCUT2D eigenvalue weighted by atomic mass is 9.96. The van der Waals surface area contributed by atoms with E-state index in [1.54, 1.807) is 13.8 Å². The third-order valence-electron chi connectivity index (χ3n) is 3.21. The van der Waals surface area contributed by atoms with Crippen LogP contribution in [0.3, 0.4) is 0 Å². The summed E-state index contributed by atoms with van der Waals surface area (Å²) in [4.78, 5) is 4.61. The number of aliphatic hydroxyl groups is 1. The van der Waals surface area contributed by atoms with Crippen molar-refractivity contribution in [1.82, 2.24) is 4.98 Å². The SMILES string of the molecule is CCOc1ccccc1-c1ccc(C(C)(C)O)c(C)n1. The van der Waals surface area contributed by atoms with Crippen LogP contribution in [0, 0.1) is 6.92 Å². The first-order valence-corrected chi connectivity index (χ1v) is 6.86. The van der Waals surface area contributed by atoms with Gasteiger partial charge in [-0.25, -0.2) is 0 Å². The highest BCUT2D eigenvalue weighted by atomic mass is 16.5. The van der Waals surface area contributed by atoms with Gasteiger partial charge in [-0.2, -0.15) is 0 Å². The molecule has 0 saturated heterocycles. The highest BCUT2D eigenvalue weighted by molar-refractivity contribution is 5.67. The van der Waals surface area contributed by atoms with E-state index in [0.29, 0.717) is 6.61 Å². The summed E-state index contributed by atoms with van der Waals surface area (Å²) in [7, 11) is 0. The van der Waals surface area contributed by atoms with Gasteiger partial charge in [0.25, 0.3) is 0 Å². The van der Waals surface area contributed by atoms with Crippen molar-refractivity contribution in [2.45, 2.75) is 33.3 Å². The van der Waals surface area contributed by atoms with Crippen LogP contribution in [0.25, 0.3) is 11.3 Å². The maximum absolute atomic E-state index is 10.1. The summed E-state index contributed by atoms with van der Waals surface area (Å²) in [6.45, 7) is 8.04. The molecule has 1 N–H and O–H groups in total. The van der Waals surface area contributed by atoms with Crippen LogP contribution in [-0.4, -0.2) is 16.7 Å². The third-order valence-corrected chi connectivity index (χ3v) is 3.21. The van der Waals surface area contributed by atoms with Gasteiger partial charge in [0.2, 0.25) is 0 Å². The van der Waals surface area contributed by atoms with Gasteiger partial charge in [-0.1, -0.05) is 18.2 Å². The number of hydrogen-bond acceptors (Lipinski definition) is 3. The van der Waals surface area contributed by atoms with Crippen LogP contribution in [0.2, 0.25) is 0 Å². The number of pyridine rings is 1. The van der Waals surface area contributed by atoms with Crippen LogP contribution in [-0.2, 0) is 5.60 Å². The molecular formula is C17H21NO2. The van der Waals surface area contributed by atoms with Gasteiger partial charge >= 0.3 is 0 Å². The van der Waals surface area contributed by atoms with Gasteiger partial charge in [0.1, 0.15) is 5.75 Å². The van der Waals surface area contributed by atoms with Gasteiger partial charge in [0, 0.05) is 16.8 Å². The molecule has 0 aliphatic heterocycles. The number of nitrogens with zero attached hydrogens (tertiary/aromatic N) is 1. The van der Waals surface area contributed by atoms with Crippen LogP contribution in [0.4, 0.5) is 0 Å². The van der Waals surface area contributed by atoms with Gasteiger partial charge in [-0.05, 0) is 45.9 Å². The molecule has 0 radical (unpaired) electrons. The molecule has 2 rings (SSSR count). The summed E-state index contributed by atoms with van der Waals surface area (Å²) in [5.41, 5.74) is 2.63. The minimum absolute atomic E-state index is 0.623. The van der Waals surface area contributed by atoms with Crippen LogP contribution >= 0.6 is 0 Å². The second-order valence-corrected chi connectivity index (χ2v) is 5.32. The summed E-state index contributed by atoms with van der Waals surface area (Å²) in [5.74, 6) is 0.831. The van der Waals surface area contributed by atoms with E-state index < -0.39 is 5.60 Å². The topological polar surface area (TPSA) is 42.4 Å². The number of ether oxygens (including phenoxy) is 1. The first-order valence-electron chi connectivity index (χ1n) is 6.86. The summed E-state index contributed by atoms with van der Waals surface area (Å²) in [6.07, 6.45) is 0. The molecule has 3 heteroatoms. The number of hydrogen-bond donors (Lipinski definition) is 1. The molecule has 1 aromatic carbocycles. The van der Waals surface area contributed by atoms with E-state index in [2.05, 4.69) is 4.98 Å². The molecule has 1 heterocycles. The van der Waals surface area contributed by atoms with Crippen molar-refractivity contribution in [3.05, 3.63) is 47.7 Å². The lowest BCUT2D eigenvalue weighted by molar-refractivity contribution is 0.0775. The van der Waals surface area contributed by atoms with E-state index in [1.165, 1.54) is 0 Å². The van der Waals surface area contributed by atoms with Crippen molar-refractivity contribution < 1.29 is 9.84 Å². The fourth-order valence-corrected chi connectivity index (χ4v) is 2.32. The Bertz CT molecular complexity index is 600. The molecule has 0 spiro atoms. The van der Waals surface area contributed by atoms with Crippen LogP contribution in [0.5, 0.6) is 5.75 Å². The molecule has 0 atom stereocenters. The zero-order chi connectivity index (χ0) is 14.8. The lowest BCUT2D eigenvalue weighted by Crippen LogP contribution is -2.17. The van der Waals surface area contributed by atoms with Crippen molar-refractivity contribution in [3.63, 3.8) is 0 Å². The van der Waals surface area contributed by atoms with Crippen molar-refractivity contribution >= 4 is 0 Å². The van der Waals surface area contributed by atoms with Crippen LogP contribution in [0.15, 0.2) is 36.4 Å². The fraction of sp³-hybridized carbons (Fsp3) is 0.353. The molecule has 1 aromatic heterocycles. The quantitative estimate of drug-likeness (QED) is 0.922. The van der Waals surface area contributed by atoms with Crippen LogP contribution < -0.4 is 4.74 Å². The van der Waals surface area contributed by atoms with E-state index >= 15 is 0 Å². The molecule has 2 aromatic rings. The van der Waals surface area contributed by atoms with Gasteiger partial charge in [-0.15, -0.1) is 0 Å². The average Bonchev–Trinajstić information content (AvgIpc) is 2.38. The number of aromatic nitrogens is 1. The Morgan fingerprint density at radius 3 is 2.45 bits per heavy atom. The van der Waals surface area contributed by atoms with E-state index in [4.69, 9.17) is 4.74 Å². The van der Waals surface area contributed by atoms with Crippen molar-refractivity contribution in [3.8, 4) is 17.0 Å². The summed E-state index contributed by atoms with van der Waals surface area (Å²) >= 11 is 0. The van der Waals surface area contributed by atoms with Gasteiger partial charge < -0.3 is 9.84 Å².